The van der Waals surface area contributed by atoms with Crippen LogP contribution in [0.3, 0.4) is 0 Å². The third kappa shape index (κ3) is 5.22. The van der Waals surface area contributed by atoms with E-state index in [1.165, 1.54) is 5.56 Å². The van der Waals surface area contributed by atoms with Crippen LogP contribution in [0.25, 0.3) is 0 Å². The van der Waals surface area contributed by atoms with Crippen molar-refractivity contribution in [1.82, 2.24) is 4.90 Å². The lowest BCUT2D eigenvalue weighted by Gasteiger charge is -2.29. The molecular formula is C16H26IN3OS. The zero-order chi connectivity index (χ0) is 15.3. The van der Waals surface area contributed by atoms with Gasteiger partial charge < -0.3 is 15.4 Å². The van der Waals surface area contributed by atoms with Gasteiger partial charge in [0.2, 0.25) is 0 Å². The maximum Gasteiger partial charge on any atom is 0.191 e. The summed E-state index contributed by atoms with van der Waals surface area (Å²) in [6, 6.07) is 8.17. The molecule has 22 heavy (non-hydrogen) atoms. The first-order chi connectivity index (χ1) is 10.0. The van der Waals surface area contributed by atoms with Crippen LogP contribution in [0.5, 0.6) is 5.75 Å². The number of ether oxygens (including phenoxy) is 1. The molecule has 0 unspecified atom stereocenters. The molecule has 1 saturated heterocycles. The van der Waals surface area contributed by atoms with Crippen molar-refractivity contribution in [2.24, 2.45) is 10.7 Å². The van der Waals surface area contributed by atoms with Crippen LogP contribution in [0.2, 0.25) is 0 Å². The molecule has 0 spiro atoms. The second-order valence-electron chi connectivity index (χ2n) is 5.89. The van der Waals surface area contributed by atoms with Crippen LogP contribution in [-0.4, -0.2) is 49.1 Å². The molecule has 2 rings (SSSR count). The van der Waals surface area contributed by atoms with Crippen LogP contribution >= 0.6 is 35.7 Å². The molecule has 2 N–H and O–H groups in total. The highest BCUT2D eigenvalue weighted by Crippen LogP contribution is 2.26. The van der Waals surface area contributed by atoms with Crippen molar-refractivity contribution < 1.29 is 4.74 Å². The van der Waals surface area contributed by atoms with Crippen molar-refractivity contribution in [2.45, 2.75) is 19.3 Å². The Kier molecular flexibility index (Phi) is 7.82. The molecule has 1 heterocycles. The highest BCUT2D eigenvalue weighted by Gasteiger charge is 2.21. The molecule has 1 aliphatic heterocycles. The Hall–Kier alpha value is -0.630. The van der Waals surface area contributed by atoms with Crippen molar-refractivity contribution in [3.8, 4) is 5.75 Å². The van der Waals surface area contributed by atoms with E-state index < -0.39 is 0 Å². The Bertz CT molecular complexity index is 502. The van der Waals surface area contributed by atoms with Gasteiger partial charge in [-0.05, 0) is 17.7 Å². The minimum absolute atomic E-state index is 0. The number of benzene rings is 1. The molecule has 0 saturated carbocycles. The number of hydrogen-bond acceptors (Lipinski definition) is 3. The summed E-state index contributed by atoms with van der Waals surface area (Å²) in [5, 5.41) is 0. The fourth-order valence-corrected chi connectivity index (χ4v) is 3.21. The van der Waals surface area contributed by atoms with Crippen molar-refractivity contribution in [1.29, 1.82) is 0 Å². The summed E-state index contributed by atoms with van der Waals surface area (Å²) in [5.74, 6) is 3.82. The van der Waals surface area contributed by atoms with Crippen LogP contribution in [-0.2, 0) is 5.41 Å². The van der Waals surface area contributed by atoms with Gasteiger partial charge in [-0.3, -0.25) is 4.99 Å². The van der Waals surface area contributed by atoms with Crippen LogP contribution in [0.1, 0.15) is 19.4 Å². The van der Waals surface area contributed by atoms with E-state index in [1.54, 1.807) is 7.11 Å². The maximum absolute atomic E-state index is 6.13. The van der Waals surface area contributed by atoms with E-state index in [0.717, 1.165) is 30.3 Å². The topological polar surface area (TPSA) is 50.9 Å². The molecule has 6 heteroatoms. The number of rotatable bonds is 4. The standard InChI is InChI=1S/C16H25N3OS.HI/c1-16(2,13-5-4-6-14(11-13)20-3)12-18-15(17)19-7-9-21-10-8-19;/h4-6,11H,7-10,12H2,1-3H3,(H2,17,18);1H. The maximum atomic E-state index is 6.13. The van der Waals surface area contributed by atoms with E-state index in [2.05, 4.69) is 35.9 Å². The molecular weight excluding hydrogens is 409 g/mol. The van der Waals surface area contributed by atoms with Crippen LogP contribution in [0.4, 0.5) is 0 Å². The molecule has 1 aromatic rings. The number of halogens is 1. The molecule has 124 valence electrons. The SMILES string of the molecule is COc1cccc(C(C)(C)CN=C(N)N2CCSCC2)c1.I. The van der Waals surface area contributed by atoms with Crippen molar-refractivity contribution in [2.75, 3.05) is 38.2 Å². The molecule has 1 aliphatic rings. The fraction of sp³-hybridized carbons (Fsp3) is 0.562. The number of hydrogen-bond donors (Lipinski definition) is 1. The van der Waals surface area contributed by atoms with Gasteiger partial charge in [0, 0.05) is 30.0 Å². The van der Waals surface area contributed by atoms with E-state index in [-0.39, 0.29) is 29.4 Å². The second-order valence-corrected chi connectivity index (χ2v) is 7.11. The average molecular weight is 435 g/mol. The Balaban J connectivity index is 0.00000242. The van der Waals surface area contributed by atoms with Gasteiger partial charge in [0.05, 0.1) is 13.7 Å². The van der Waals surface area contributed by atoms with Gasteiger partial charge in [0.25, 0.3) is 0 Å². The molecule has 0 aliphatic carbocycles. The Morgan fingerprint density at radius 1 is 1.36 bits per heavy atom. The summed E-state index contributed by atoms with van der Waals surface area (Å²) in [7, 11) is 1.69. The largest absolute Gasteiger partial charge is 0.497 e. The number of guanidine groups is 1. The summed E-state index contributed by atoms with van der Waals surface area (Å²) < 4.78 is 5.30. The van der Waals surface area contributed by atoms with Crippen LogP contribution < -0.4 is 10.5 Å². The zero-order valence-corrected chi connectivity index (χ0v) is 16.7. The zero-order valence-electron chi connectivity index (χ0n) is 13.5. The summed E-state index contributed by atoms with van der Waals surface area (Å²) >= 11 is 1.97. The van der Waals surface area contributed by atoms with Crippen LogP contribution in [0, 0.1) is 0 Å². The van der Waals surface area contributed by atoms with Gasteiger partial charge in [-0.2, -0.15) is 11.8 Å². The second kappa shape index (κ2) is 8.86. The van der Waals surface area contributed by atoms with Gasteiger partial charge in [-0.15, -0.1) is 24.0 Å². The van der Waals surface area contributed by atoms with E-state index in [0.29, 0.717) is 12.5 Å². The minimum Gasteiger partial charge on any atom is -0.497 e. The smallest absolute Gasteiger partial charge is 0.191 e. The summed E-state index contributed by atoms with van der Waals surface area (Å²) in [6.07, 6.45) is 0. The fourth-order valence-electron chi connectivity index (χ4n) is 2.31. The van der Waals surface area contributed by atoms with Gasteiger partial charge in [0.15, 0.2) is 5.96 Å². The third-order valence-electron chi connectivity index (χ3n) is 3.82. The molecule has 4 nitrogen and oxygen atoms in total. The lowest BCUT2D eigenvalue weighted by atomic mass is 9.85. The number of aliphatic imine (C=N–C) groups is 1. The van der Waals surface area contributed by atoms with Crippen molar-refractivity contribution in [3.05, 3.63) is 29.8 Å². The van der Waals surface area contributed by atoms with Gasteiger partial charge in [0.1, 0.15) is 5.75 Å². The van der Waals surface area contributed by atoms with E-state index in [4.69, 9.17) is 10.5 Å². The number of nitrogens with two attached hydrogens (primary N) is 1. The normalized spacial score (nSPS) is 16.1. The molecule has 0 atom stereocenters. The predicted octanol–water partition coefficient (Wildman–Crippen LogP) is 2.95. The summed E-state index contributed by atoms with van der Waals surface area (Å²) in [5.41, 5.74) is 7.28. The number of thioether (sulfide) groups is 1. The molecule has 0 amide bonds. The third-order valence-corrected chi connectivity index (χ3v) is 4.77. The predicted molar refractivity (Wildman–Crippen MR) is 107 cm³/mol. The Morgan fingerprint density at radius 3 is 2.68 bits per heavy atom. The van der Waals surface area contributed by atoms with Crippen molar-refractivity contribution in [3.63, 3.8) is 0 Å². The highest BCUT2D eigenvalue weighted by molar-refractivity contribution is 14.0. The Morgan fingerprint density at radius 2 is 2.05 bits per heavy atom. The lowest BCUT2D eigenvalue weighted by molar-refractivity contribution is 0.412. The van der Waals surface area contributed by atoms with E-state index in [1.807, 2.05) is 23.9 Å². The summed E-state index contributed by atoms with van der Waals surface area (Å²) in [4.78, 5) is 6.80. The first-order valence-electron chi connectivity index (χ1n) is 7.30. The Labute approximate surface area is 154 Å². The van der Waals surface area contributed by atoms with Crippen molar-refractivity contribution >= 4 is 41.7 Å². The average Bonchev–Trinajstić information content (AvgIpc) is 2.53. The van der Waals surface area contributed by atoms with Crippen LogP contribution in [0.15, 0.2) is 29.3 Å². The number of methoxy groups -OCH3 is 1. The van der Waals surface area contributed by atoms with Gasteiger partial charge in [-0.25, -0.2) is 0 Å². The highest BCUT2D eigenvalue weighted by atomic mass is 127. The monoisotopic (exact) mass is 435 g/mol. The first kappa shape index (κ1) is 19.4. The molecule has 0 aromatic heterocycles. The van der Waals surface area contributed by atoms with Gasteiger partial charge >= 0.3 is 0 Å². The van der Waals surface area contributed by atoms with E-state index in [9.17, 15) is 0 Å². The lowest BCUT2D eigenvalue weighted by Crippen LogP contribution is -2.43. The first-order valence-corrected chi connectivity index (χ1v) is 8.45. The number of nitrogens with zero attached hydrogens (tertiary/aromatic N) is 2. The molecule has 0 bridgehead atoms. The molecule has 1 aromatic carbocycles. The summed E-state index contributed by atoms with van der Waals surface area (Å²) in [6.45, 7) is 7.05. The van der Waals surface area contributed by atoms with E-state index >= 15 is 0 Å². The molecule has 1 fully saturated rings. The quantitative estimate of drug-likeness (QED) is 0.449. The van der Waals surface area contributed by atoms with Gasteiger partial charge in [-0.1, -0.05) is 26.0 Å². The molecule has 0 radical (unpaired) electrons. The minimum atomic E-state index is -0.0658.